The third-order valence-electron chi connectivity index (χ3n) is 3.84. The molecule has 1 aromatic heterocycles. The molecule has 0 aliphatic rings. The molecule has 1 heterocycles. The molecule has 1 aromatic carbocycles. The molecule has 0 aliphatic heterocycles. The van der Waals surface area contributed by atoms with E-state index in [1.807, 2.05) is 38.2 Å². The summed E-state index contributed by atoms with van der Waals surface area (Å²) in [5.74, 6) is 0.0276. The second-order valence-electron chi connectivity index (χ2n) is 6.25. The zero-order valence-corrected chi connectivity index (χ0v) is 14.3. The van der Waals surface area contributed by atoms with Crippen LogP contribution in [0.4, 0.5) is 0 Å². The minimum absolute atomic E-state index is 0.0460. The van der Waals surface area contributed by atoms with Gasteiger partial charge in [0.2, 0.25) is 5.91 Å². The van der Waals surface area contributed by atoms with Gasteiger partial charge < -0.3 is 19.7 Å². The molecule has 0 aliphatic carbocycles. The number of rotatable bonds is 8. The van der Waals surface area contributed by atoms with Crippen LogP contribution in [0.5, 0.6) is 5.75 Å². The number of amides is 1. The Balaban J connectivity index is 2.21. The van der Waals surface area contributed by atoms with Gasteiger partial charge in [-0.25, -0.2) is 0 Å². The molecule has 6 nitrogen and oxygen atoms in total. The first-order chi connectivity index (χ1) is 11.4. The fraction of sp³-hybridized carbons (Fsp3) is 0.444. The van der Waals surface area contributed by atoms with E-state index in [9.17, 15) is 9.59 Å². The van der Waals surface area contributed by atoms with Crippen molar-refractivity contribution >= 4 is 22.8 Å². The number of nitrogens with zero attached hydrogens (tertiary/aromatic N) is 1. The smallest absolute Gasteiger partial charge is 0.305 e. The van der Waals surface area contributed by atoms with Crippen LogP contribution in [0.1, 0.15) is 25.8 Å². The zero-order chi connectivity index (χ0) is 17.7. The van der Waals surface area contributed by atoms with E-state index in [4.69, 9.17) is 9.84 Å². The molecule has 0 spiro atoms. The second kappa shape index (κ2) is 7.86. The van der Waals surface area contributed by atoms with Gasteiger partial charge in [0.05, 0.1) is 20.0 Å². The summed E-state index contributed by atoms with van der Waals surface area (Å²) < 4.78 is 5.39. The maximum atomic E-state index is 12.7. The van der Waals surface area contributed by atoms with Crippen molar-refractivity contribution in [2.75, 3.05) is 20.2 Å². The van der Waals surface area contributed by atoms with Gasteiger partial charge in [0, 0.05) is 30.2 Å². The molecule has 0 unspecified atom stereocenters. The highest BCUT2D eigenvalue weighted by molar-refractivity contribution is 5.93. The summed E-state index contributed by atoms with van der Waals surface area (Å²) in [4.78, 5) is 28.3. The number of methoxy groups -OCH3 is 1. The van der Waals surface area contributed by atoms with E-state index in [1.54, 1.807) is 12.0 Å². The number of hydrogen-bond acceptors (Lipinski definition) is 3. The van der Waals surface area contributed by atoms with Crippen LogP contribution in [0, 0.1) is 5.92 Å². The Labute approximate surface area is 141 Å². The van der Waals surface area contributed by atoms with Gasteiger partial charge in [-0.05, 0) is 23.6 Å². The van der Waals surface area contributed by atoms with Crippen molar-refractivity contribution in [2.45, 2.75) is 26.7 Å². The number of fused-ring (bicyclic) bond motifs is 1. The number of aliphatic carboxylic acids is 1. The highest BCUT2D eigenvalue weighted by Crippen LogP contribution is 2.29. The fourth-order valence-corrected chi connectivity index (χ4v) is 2.79. The molecule has 2 rings (SSSR count). The molecular formula is C18H24N2O4. The zero-order valence-electron chi connectivity index (χ0n) is 14.3. The molecule has 1 amide bonds. The Morgan fingerprint density at radius 3 is 2.71 bits per heavy atom. The Morgan fingerprint density at radius 2 is 2.08 bits per heavy atom. The van der Waals surface area contributed by atoms with E-state index in [0.29, 0.717) is 6.54 Å². The number of aromatic amines is 1. The predicted molar refractivity (Wildman–Crippen MR) is 92.2 cm³/mol. The number of hydrogen-bond donors (Lipinski definition) is 2. The number of aromatic nitrogens is 1. The molecule has 2 N–H and O–H groups in total. The monoisotopic (exact) mass is 332 g/mol. The Kier molecular flexibility index (Phi) is 5.84. The van der Waals surface area contributed by atoms with Crippen molar-refractivity contribution in [2.24, 2.45) is 5.92 Å². The van der Waals surface area contributed by atoms with Gasteiger partial charge in [-0.2, -0.15) is 0 Å². The average Bonchev–Trinajstić information content (AvgIpc) is 2.94. The highest BCUT2D eigenvalue weighted by Gasteiger charge is 2.19. The maximum Gasteiger partial charge on any atom is 0.305 e. The molecule has 0 fully saturated rings. The van der Waals surface area contributed by atoms with Gasteiger partial charge in [0.25, 0.3) is 0 Å². The summed E-state index contributed by atoms with van der Waals surface area (Å²) in [7, 11) is 1.60. The lowest BCUT2D eigenvalue weighted by molar-refractivity contribution is -0.138. The van der Waals surface area contributed by atoms with E-state index in [-0.39, 0.29) is 31.2 Å². The van der Waals surface area contributed by atoms with E-state index in [2.05, 4.69) is 4.98 Å². The van der Waals surface area contributed by atoms with Gasteiger partial charge in [-0.15, -0.1) is 0 Å². The van der Waals surface area contributed by atoms with Crippen molar-refractivity contribution in [1.82, 2.24) is 9.88 Å². The third-order valence-corrected chi connectivity index (χ3v) is 3.84. The summed E-state index contributed by atoms with van der Waals surface area (Å²) in [5, 5.41) is 9.78. The number of carbonyl (C=O) groups excluding carboxylic acids is 1. The van der Waals surface area contributed by atoms with Gasteiger partial charge in [0.1, 0.15) is 5.75 Å². The van der Waals surface area contributed by atoms with Crippen LogP contribution in [0.2, 0.25) is 0 Å². The number of ether oxygens (including phenoxy) is 1. The molecule has 2 aromatic rings. The highest BCUT2D eigenvalue weighted by atomic mass is 16.5. The van der Waals surface area contributed by atoms with Crippen LogP contribution >= 0.6 is 0 Å². The van der Waals surface area contributed by atoms with Crippen molar-refractivity contribution < 1.29 is 19.4 Å². The van der Waals surface area contributed by atoms with Crippen LogP contribution in [0.15, 0.2) is 24.4 Å². The topological polar surface area (TPSA) is 82.6 Å². The minimum Gasteiger partial charge on any atom is -0.496 e. The lowest BCUT2D eigenvalue weighted by Crippen LogP contribution is -2.36. The molecule has 6 heteroatoms. The third kappa shape index (κ3) is 4.28. The van der Waals surface area contributed by atoms with Gasteiger partial charge >= 0.3 is 5.97 Å². The van der Waals surface area contributed by atoms with Crippen LogP contribution < -0.4 is 4.74 Å². The Hall–Kier alpha value is -2.50. The summed E-state index contributed by atoms with van der Waals surface area (Å²) in [6, 6.07) is 5.68. The molecule has 0 saturated heterocycles. The second-order valence-corrected chi connectivity index (χ2v) is 6.25. The van der Waals surface area contributed by atoms with Crippen LogP contribution in [0.3, 0.4) is 0 Å². The van der Waals surface area contributed by atoms with Crippen LogP contribution in [-0.2, 0) is 16.0 Å². The van der Waals surface area contributed by atoms with E-state index >= 15 is 0 Å². The van der Waals surface area contributed by atoms with Crippen molar-refractivity contribution in [1.29, 1.82) is 0 Å². The summed E-state index contributed by atoms with van der Waals surface area (Å²) >= 11 is 0. The van der Waals surface area contributed by atoms with Crippen LogP contribution in [0.25, 0.3) is 10.9 Å². The van der Waals surface area contributed by atoms with Crippen molar-refractivity contribution in [3.05, 3.63) is 30.0 Å². The lowest BCUT2D eigenvalue weighted by atomic mass is 10.1. The number of carbonyl (C=O) groups is 2. The van der Waals surface area contributed by atoms with Gasteiger partial charge in [0.15, 0.2) is 0 Å². The molecule has 24 heavy (non-hydrogen) atoms. The molecule has 0 radical (unpaired) electrons. The van der Waals surface area contributed by atoms with E-state index < -0.39 is 5.97 Å². The molecule has 130 valence electrons. The summed E-state index contributed by atoms with van der Waals surface area (Å²) in [6.45, 7) is 4.79. The predicted octanol–water partition coefficient (Wildman–Crippen LogP) is 2.68. The first kappa shape index (κ1) is 17.8. The van der Waals surface area contributed by atoms with Gasteiger partial charge in [-0.1, -0.05) is 19.9 Å². The standard InChI is InChI=1S/C18H24N2O4/c1-12(2)11-20(8-7-17(22)23)16(21)9-13-10-19-14-5-4-6-15(24-3)18(13)14/h4-6,10,12,19H,7-9,11H2,1-3H3,(H,22,23). The Morgan fingerprint density at radius 1 is 1.33 bits per heavy atom. The molecular weight excluding hydrogens is 308 g/mol. The first-order valence-corrected chi connectivity index (χ1v) is 8.05. The van der Waals surface area contributed by atoms with Crippen LogP contribution in [-0.4, -0.2) is 47.1 Å². The fourth-order valence-electron chi connectivity index (χ4n) is 2.79. The number of nitrogens with one attached hydrogen (secondary N) is 1. The first-order valence-electron chi connectivity index (χ1n) is 8.05. The van der Waals surface area contributed by atoms with Crippen molar-refractivity contribution in [3.63, 3.8) is 0 Å². The van der Waals surface area contributed by atoms with Gasteiger partial charge in [-0.3, -0.25) is 9.59 Å². The number of benzene rings is 1. The lowest BCUT2D eigenvalue weighted by Gasteiger charge is -2.24. The molecule has 0 bridgehead atoms. The molecule has 0 atom stereocenters. The van der Waals surface area contributed by atoms with E-state index in [0.717, 1.165) is 22.2 Å². The largest absolute Gasteiger partial charge is 0.496 e. The number of carboxylic acid groups (broad SMARTS) is 1. The van der Waals surface area contributed by atoms with E-state index in [1.165, 1.54) is 0 Å². The van der Waals surface area contributed by atoms with Crippen molar-refractivity contribution in [3.8, 4) is 5.75 Å². The SMILES string of the molecule is COc1cccc2[nH]cc(CC(=O)N(CCC(=O)O)CC(C)C)c12. The normalized spacial score (nSPS) is 11.0. The summed E-state index contributed by atoms with van der Waals surface area (Å²) in [6.07, 6.45) is 1.98. The number of H-pyrrole nitrogens is 1. The quantitative estimate of drug-likeness (QED) is 0.778. The summed E-state index contributed by atoms with van der Waals surface area (Å²) in [5.41, 5.74) is 1.77. The maximum absolute atomic E-state index is 12.7. The molecule has 0 saturated carbocycles. The Bertz CT molecular complexity index is 721. The average molecular weight is 332 g/mol. The number of carboxylic acids is 1. The minimum atomic E-state index is -0.898.